The number of hydrogen-bond donors (Lipinski definition) is 0. The van der Waals surface area contributed by atoms with Crippen molar-refractivity contribution in [3.05, 3.63) is 65.0 Å². The summed E-state index contributed by atoms with van der Waals surface area (Å²) in [6.45, 7) is 2.32. The lowest BCUT2D eigenvalue weighted by atomic mass is 9.95. The molecule has 0 atom stereocenters. The van der Waals surface area contributed by atoms with Crippen LogP contribution in [0.15, 0.2) is 53.8 Å². The van der Waals surface area contributed by atoms with Crippen LogP contribution >= 0.6 is 0 Å². The van der Waals surface area contributed by atoms with Crippen LogP contribution in [0.2, 0.25) is 0 Å². The Labute approximate surface area is 203 Å². The Kier molecular flexibility index (Phi) is 5.60. The molecule has 1 amide bonds. The van der Waals surface area contributed by atoms with Gasteiger partial charge in [-0.15, -0.1) is 0 Å². The van der Waals surface area contributed by atoms with E-state index in [1.165, 1.54) is 6.42 Å². The standard InChI is InChI=1S/C27H30N6O2/c1-30-16-21(14-29-30)32-12-11-31(17-25(32)34)15-19-13-24-26(23-10-6-5-9-22(19)23)28-18-33(27(24)35)20-7-3-2-4-8-20/h5-6,9-10,13-14,16,18,20H,2-4,7-8,11-12,15,17H2,1H3. The summed E-state index contributed by atoms with van der Waals surface area (Å²) >= 11 is 0. The second kappa shape index (κ2) is 8.92. The zero-order chi connectivity index (χ0) is 23.9. The molecule has 1 saturated carbocycles. The zero-order valence-corrected chi connectivity index (χ0v) is 20.1. The molecule has 0 spiro atoms. The molecule has 0 unspecified atom stereocenters. The molecule has 6 rings (SSSR count). The smallest absolute Gasteiger partial charge is 0.261 e. The molecule has 0 bridgehead atoms. The normalized spacial score (nSPS) is 18.1. The van der Waals surface area contributed by atoms with Gasteiger partial charge in [0.15, 0.2) is 0 Å². The third-order valence-corrected chi connectivity index (χ3v) is 7.54. The number of carbonyl (C=O) groups excluding carboxylic acids is 1. The summed E-state index contributed by atoms with van der Waals surface area (Å²) in [5.74, 6) is 0.0654. The van der Waals surface area contributed by atoms with Crippen LogP contribution in [-0.2, 0) is 18.4 Å². The first-order chi connectivity index (χ1) is 17.1. The SMILES string of the molecule is Cn1cc(N2CCN(Cc3cc4c(=O)n(C5CCCCC5)cnc4c4ccccc34)CC2=O)cn1. The van der Waals surface area contributed by atoms with Crippen molar-refractivity contribution in [3.63, 3.8) is 0 Å². The third-order valence-electron chi connectivity index (χ3n) is 7.54. The lowest BCUT2D eigenvalue weighted by Gasteiger charge is -2.33. The summed E-state index contributed by atoms with van der Waals surface area (Å²) in [5.41, 5.74) is 2.71. The van der Waals surface area contributed by atoms with Crippen LogP contribution < -0.4 is 10.5 Å². The maximum absolute atomic E-state index is 13.6. The second-order valence-electron chi connectivity index (χ2n) is 9.85. The molecule has 8 heteroatoms. The Bertz CT molecular complexity index is 1470. The van der Waals surface area contributed by atoms with Crippen molar-refractivity contribution in [2.45, 2.75) is 44.7 Å². The molecule has 2 aromatic heterocycles. The molecular formula is C27H30N6O2. The number of amides is 1. The molecule has 2 aliphatic rings. The van der Waals surface area contributed by atoms with Crippen LogP contribution in [0.25, 0.3) is 21.7 Å². The van der Waals surface area contributed by atoms with Gasteiger partial charge in [0.25, 0.3) is 5.56 Å². The van der Waals surface area contributed by atoms with Gasteiger partial charge in [0.2, 0.25) is 5.91 Å². The summed E-state index contributed by atoms with van der Waals surface area (Å²) in [4.78, 5) is 35.3. The Balaban J connectivity index is 1.34. The number of rotatable bonds is 4. The van der Waals surface area contributed by atoms with E-state index in [-0.39, 0.29) is 17.5 Å². The molecule has 3 heterocycles. The van der Waals surface area contributed by atoms with E-state index in [0.29, 0.717) is 25.0 Å². The number of carbonyl (C=O) groups is 1. The van der Waals surface area contributed by atoms with Gasteiger partial charge >= 0.3 is 0 Å². The maximum atomic E-state index is 13.6. The highest BCUT2D eigenvalue weighted by molar-refractivity contribution is 6.06. The highest BCUT2D eigenvalue weighted by Crippen LogP contribution is 2.30. The predicted molar refractivity (Wildman–Crippen MR) is 136 cm³/mol. The number of hydrogen-bond acceptors (Lipinski definition) is 5. The maximum Gasteiger partial charge on any atom is 0.261 e. The molecule has 1 aliphatic carbocycles. The van der Waals surface area contributed by atoms with Crippen molar-refractivity contribution in [2.75, 3.05) is 24.5 Å². The van der Waals surface area contributed by atoms with E-state index >= 15 is 0 Å². The van der Waals surface area contributed by atoms with Crippen molar-refractivity contribution < 1.29 is 4.79 Å². The average molecular weight is 471 g/mol. The van der Waals surface area contributed by atoms with Crippen LogP contribution in [-0.4, -0.2) is 49.8 Å². The summed E-state index contributed by atoms with van der Waals surface area (Å²) in [5, 5.41) is 6.95. The van der Waals surface area contributed by atoms with Crippen molar-refractivity contribution >= 4 is 33.3 Å². The molecule has 180 valence electrons. The van der Waals surface area contributed by atoms with Gasteiger partial charge in [-0.3, -0.25) is 23.7 Å². The quantitative estimate of drug-likeness (QED) is 0.426. The molecule has 1 aliphatic heterocycles. The minimum Gasteiger partial charge on any atom is -0.307 e. The fourth-order valence-electron chi connectivity index (χ4n) is 5.72. The Morgan fingerprint density at radius 3 is 2.54 bits per heavy atom. The van der Waals surface area contributed by atoms with E-state index in [1.54, 1.807) is 22.1 Å². The summed E-state index contributed by atoms with van der Waals surface area (Å²) in [6, 6.07) is 10.4. The lowest BCUT2D eigenvalue weighted by Crippen LogP contribution is -2.50. The number of nitrogens with zero attached hydrogens (tertiary/aromatic N) is 6. The molecule has 2 aromatic carbocycles. The number of fused-ring (bicyclic) bond motifs is 3. The van der Waals surface area contributed by atoms with E-state index in [2.05, 4.69) is 16.1 Å². The predicted octanol–water partition coefficient (Wildman–Crippen LogP) is 3.64. The van der Waals surface area contributed by atoms with Crippen molar-refractivity contribution in [1.82, 2.24) is 24.2 Å². The fourth-order valence-corrected chi connectivity index (χ4v) is 5.72. The van der Waals surface area contributed by atoms with Crippen molar-refractivity contribution in [3.8, 4) is 0 Å². The zero-order valence-electron chi connectivity index (χ0n) is 20.1. The first-order valence-corrected chi connectivity index (χ1v) is 12.5. The van der Waals surface area contributed by atoms with Crippen LogP contribution in [0.5, 0.6) is 0 Å². The minimum atomic E-state index is 0.0476. The molecule has 4 aromatic rings. The van der Waals surface area contributed by atoms with E-state index < -0.39 is 0 Å². The van der Waals surface area contributed by atoms with E-state index in [0.717, 1.165) is 59.8 Å². The third kappa shape index (κ3) is 4.01. The van der Waals surface area contributed by atoms with E-state index in [4.69, 9.17) is 4.98 Å². The molecule has 35 heavy (non-hydrogen) atoms. The number of aryl methyl sites for hydroxylation is 1. The fraction of sp³-hybridized carbons (Fsp3) is 0.407. The van der Waals surface area contributed by atoms with Gasteiger partial charge in [-0.05, 0) is 29.9 Å². The van der Waals surface area contributed by atoms with Crippen molar-refractivity contribution in [1.29, 1.82) is 0 Å². The van der Waals surface area contributed by atoms with Gasteiger partial charge in [-0.25, -0.2) is 4.98 Å². The average Bonchev–Trinajstić information content (AvgIpc) is 3.31. The summed E-state index contributed by atoms with van der Waals surface area (Å²) in [6.07, 6.45) is 11.0. The topological polar surface area (TPSA) is 76.3 Å². The molecule has 8 nitrogen and oxygen atoms in total. The van der Waals surface area contributed by atoms with Gasteiger partial charge in [0.1, 0.15) is 0 Å². The highest BCUT2D eigenvalue weighted by atomic mass is 16.2. The lowest BCUT2D eigenvalue weighted by molar-refractivity contribution is -0.121. The van der Waals surface area contributed by atoms with E-state index in [9.17, 15) is 9.59 Å². The van der Waals surface area contributed by atoms with Gasteiger partial charge in [0, 0.05) is 44.3 Å². The van der Waals surface area contributed by atoms with Crippen LogP contribution in [0.4, 0.5) is 5.69 Å². The highest BCUT2D eigenvalue weighted by Gasteiger charge is 2.27. The van der Waals surface area contributed by atoms with Crippen LogP contribution in [0.3, 0.4) is 0 Å². The molecule has 2 fully saturated rings. The van der Waals surface area contributed by atoms with Crippen LogP contribution in [0.1, 0.15) is 43.7 Å². The Hall–Kier alpha value is -3.52. The van der Waals surface area contributed by atoms with Crippen molar-refractivity contribution in [2.24, 2.45) is 7.05 Å². The van der Waals surface area contributed by atoms with Gasteiger partial charge < -0.3 is 4.90 Å². The molecule has 1 saturated heterocycles. The summed E-state index contributed by atoms with van der Waals surface area (Å²) < 4.78 is 3.57. The molecule has 0 radical (unpaired) electrons. The Morgan fingerprint density at radius 1 is 1.00 bits per heavy atom. The van der Waals surface area contributed by atoms with E-state index in [1.807, 2.05) is 42.1 Å². The van der Waals surface area contributed by atoms with Gasteiger partial charge in [-0.2, -0.15) is 5.10 Å². The Morgan fingerprint density at radius 2 is 1.80 bits per heavy atom. The first kappa shape index (κ1) is 22.0. The molecular weight excluding hydrogens is 440 g/mol. The number of anilines is 1. The monoisotopic (exact) mass is 470 g/mol. The summed E-state index contributed by atoms with van der Waals surface area (Å²) in [7, 11) is 1.85. The van der Waals surface area contributed by atoms with Gasteiger partial charge in [-0.1, -0.05) is 43.5 Å². The minimum absolute atomic E-state index is 0.0476. The molecule has 0 N–H and O–H groups in total. The van der Waals surface area contributed by atoms with Crippen LogP contribution in [0, 0.1) is 0 Å². The number of benzene rings is 2. The number of aromatic nitrogens is 4. The first-order valence-electron chi connectivity index (χ1n) is 12.5. The largest absolute Gasteiger partial charge is 0.307 e. The van der Waals surface area contributed by atoms with Gasteiger partial charge in [0.05, 0.1) is 35.7 Å². The second-order valence-corrected chi connectivity index (χ2v) is 9.85. The number of piperazine rings is 1.